The second-order valence-electron chi connectivity index (χ2n) is 6.27. The van der Waals surface area contributed by atoms with E-state index in [2.05, 4.69) is 0 Å². The summed E-state index contributed by atoms with van der Waals surface area (Å²) in [5.41, 5.74) is 0.829. The number of sulfonamides is 1. The number of alkyl halides is 9. The fraction of sp³-hybridized carbons (Fsp3) is 0.600. The van der Waals surface area contributed by atoms with Gasteiger partial charge in [-0.25, -0.2) is 0 Å². The number of rotatable bonds is 5. The molecule has 3 nitrogen and oxygen atoms in total. The molecule has 0 spiro atoms. The molecule has 0 aliphatic heterocycles. The van der Waals surface area contributed by atoms with Gasteiger partial charge in [-0.05, 0) is 62.4 Å². The summed E-state index contributed by atoms with van der Waals surface area (Å²) in [4.78, 5) is 0. The highest BCUT2D eigenvalue weighted by atomic mass is 32.2. The highest BCUT2D eigenvalue weighted by Crippen LogP contribution is 2.55. The number of hydrogen-bond acceptors (Lipinski definition) is 2. The van der Waals surface area contributed by atoms with E-state index >= 15 is 0 Å². The Hall–Kier alpha value is -1.66. The molecule has 0 saturated carbocycles. The van der Waals surface area contributed by atoms with Crippen LogP contribution < -0.4 is 4.72 Å². The average molecular weight is 445 g/mol. The van der Waals surface area contributed by atoms with Crippen molar-refractivity contribution in [1.82, 2.24) is 0 Å². The van der Waals surface area contributed by atoms with Crippen molar-refractivity contribution in [2.24, 2.45) is 0 Å². The van der Waals surface area contributed by atoms with Crippen LogP contribution in [-0.4, -0.2) is 31.7 Å². The predicted molar refractivity (Wildman–Crippen MR) is 83.6 cm³/mol. The van der Waals surface area contributed by atoms with Crippen LogP contribution in [0.5, 0.6) is 0 Å². The maximum Gasteiger partial charge on any atom is 0.460 e. The minimum Gasteiger partial charge on any atom is -0.278 e. The third kappa shape index (κ3) is 3.30. The van der Waals surface area contributed by atoms with Crippen LogP contribution in [0.1, 0.15) is 27.8 Å². The summed E-state index contributed by atoms with van der Waals surface area (Å²) >= 11 is 0. The van der Waals surface area contributed by atoms with Crippen LogP contribution in [0.3, 0.4) is 0 Å². The molecule has 0 heterocycles. The van der Waals surface area contributed by atoms with Gasteiger partial charge >= 0.3 is 33.3 Å². The lowest BCUT2D eigenvalue weighted by Crippen LogP contribution is -2.64. The Morgan fingerprint density at radius 2 is 0.929 bits per heavy atom. The van der Waals surface area contributed by atoms with Gasteiger partial charge in [0.1, 0.15) is 0 Å². The van der Waals surface area contributed by atoms with E-state index in [1.165, 1.54) is 27.7 Å². The maximum atomic E-state index is 13.9. The fourth-order valence-corrected chi connectivity index (χ4v) is 3.55. The Bertz CT molecular complexity index is 861. The van der Waals surface area contributed by atoms with Crippen molar-refractivity contribution in [2.75, 3.05) is 4.72 Å². The first kappa shape index (κ1) is 24.4. The third-order valence-corrected chi connectivity index (χ3v) is 6.09. The van der Waals surface area contributed by atoms with Crippen molar-refractivity contribution in [3.63, 3.8) is 0 Å². The lowest BCUT2D eigenvalue weighted by Gasteiger charge is -2.33. The molecule has 0 bridgehead atoms. The summed E-state index contributed by atoms with van der Waals surface area (Å²) in [5, 5.41) is -6.79. The molecule has 1 aromatic carbocycles. The molecule has 1 aromatic rings. The molecule has 0 saturated heterocycles. The molecule has 13 heteroatoms. The Balaban J connectivity index is 3.62. The second kappa shape index (κ2) is 6.70. The first-order valence-corrected chi connectivity index (χ1v) is 8.93. The van der Waals surface area contributed by atoms with Gasteiger partial charge in [0.05, 0.1) is 5.69 Å². The van der Waals surface area contributed by atoms with Crippen LogP contribution in [0.4, 0.5) is 45.2 Å². The van der Waals surface area contributed by atoms with Crippen LogP contribution in [0.25, 0.3) is 0 Å². The predicted octanol–water partition coefficient (Wildman–Crippen LogP) is 5.40. The van der Waals surface area contributed by atoms with Crippen LogP contribution in [0.15, 0.2) is 0 Å². The highest BCUT2D eigenvalue weighted by Gasteiger charge is 2.85. The number of nitrogens with one attached hydrogen (secondary N) is 1. The molecule has 1 N–H and O–H groups in total. The smallest absolute Gasteiger partial charge is 0.278 e. The summed E-state index contributed by atoms with van der Waals surface area (Å²) in [6.45, 7) is 7.01. The van der Waals surface area contributed by atoms with Gasteiger partial charge in [0.2, 0.25) is 0 Å². The van der Waals surface area contributed by atoms with Crippen molar-refractivity contribution in [2.45, 2.75) is 57.9 Å². The SMILES string of the molecule is Cc1c(C)c(C)c(NS(=O)(=O)C(F)(F)C(F)(F)C(F)(F)C(F)(F)F)c(C)c1C. The van der Waals surface area contributed by atoms with Crippen molar-refractivity contribution in [1.29, 1.82) is 0 Å². The molecule has 0 aliphatic carbocycles. The number of halogens is 9. The molecular weight excluding hydrogens is 429 g/mol. The van der Waals surface area contributed by atoms with Gasteiger partial charge in [0.25, 0.3) is 0 Å². The number of hydrogen-bond donors (Lipinski definition) is 1. The van der Waals surface area contributed by atoms with Crippen molar-refractivity contribution >= 4 is 15.7 Å². The summed E-state index contributed by atoms with van der Waals surface area (Å²) in [5.74, 6) is -14.6. The Kier molecular flexibility index (Phi) is 5.83. The molecule has 0 fully saturated rings. The lowest BCUT2D eigenvalue weighted by molar-refractivity contribution is -0.382. The van der Waals surface area contributed by atoms with E-state index < -0.39 is 39.0 Å². The average Bonchev–Trinajstić information content (AvgIpc) is 2.53. The van der Waals surface area contributed by atoms with Crippen molar-refractivity contribution < 1.29 is 47.9 Å². The number of anilines is 1. The molecule has 162 valence electrons. The van der Waals surface area contributed by atoms with Gasteiger partial charge in [-0.3, -0.25) is 4.72 Å². The van der Waals surface area contributed by atoms with E-state index in [1.54, 1.807) is 6.92 Å². The van der Waals surface area contributed by atoms with E-state index in [9.17, 15) is 47.9 Å². The van der Waals surface area contributed by atoms with E-state index in [-0.39, 0.29) is 11.1 Å². The minimum absolute atomic E-state index is 0.0193. The monoisotopic (exact) mass is 445 g/mol. The summed E-state index contributed by atoms with van der Waals surface area (Å²) < 4.78 is 142. The van der Waals surface area contributed by atoms with Crippen LogP contribution in [-0.2, 0) is 10.0 Å². The van der Waals surface area contributed by atoms with Gasteiger partial charge in [-0.15, -0.1) is 0 Å². The zero-order valence-electron chi connectivity index (χ0n) is 15.1. The number of benzene rings is 1. The van der Waals surface area contributed by atoms with E-state index in [0.29, 0.717) is 16.7 Å². The Labute approximate surface area is 155 Å². The zero-order chi connectivity index (χ0) is 22.7. The molecule has 0 atom stereocenters. The largest absolute Gasteiger partial charge is 0.460 e. The Morgan fingerprint density at radius 1 is 0.607 bits per heavy atom. The quantitative estimate of drug-likeness (QED) is 0.618. The summed E-state index contributed by atoms with van der Waals surface area (Å²) in [7, 11) is -6.72. The van der Waals surface area contributed by atoms with Gasteiger partial charge < -0.3 is 0 Å². The molecule has 0 radical (unpaired) electrons. The van der Waals surface area contributed by atoms with Crippen LogP contribution >= 0.6 is 0 Å². The standard InChI is InChI=1S/C15H16F9NO2S/c1-6-7(2)9(4)11(10(5)8(6)3)25-28(26,27)15(23,24)13(18,19)12(16,17)14(20,21)22/h25H,1-5H3. The molecule has 0 aromatic heterocycles. The zero-order valence-corrected chi connectivity index (χ0v) is 15.9. The molecular formula is C15H16F9NO2S. The molecule has 0 aliphatic rings. The Morgan fingerprint density at radius 3 is 1.25 bits per heavy atom. The lowest BCUT2D eigenvalue weighted by atomic mass is 9.93. The van der Waals surface area contributed by atoms with Crippen LogP contribution in [0.2, 0.25) is 0 Å². The normalized spacial score (nSPS) is 14.4. The highest BCUT2D eigenvalue weighted by molar-refractivity contribution is 7.93. The van der Waals surface area contributed by atoms with Crippen molar-refractivity contribution in [3.05, 3.63) is 27.8 Å². The first-order chi connectivity index (χ1) is 12.1. The molecule has 0 amide bonds. The summed E-state index contributed by atoms with van der Waals surface area (Å²) in [6.07, 6.45) is -7.11. The van der Waals surface area contributed by atoms with E-state index in [0.717, 1.165) is 4.72 Å². The van der Waals surface area contributed by atoms with E-state index in [1.807, 2.05) is 0 Å². The second-order valence-corrected chi connectivity index (χ2v) is 7.99. The minimum atomic E-state index is -7.30. The van der Waals surface area contributed by atoms with Gasteiger partial charge in [-0.1, -0.05) is 0 Å². The molecule has 1 rings (SSSR count). The fourth-order valence-electron chi connectivity index (χ4n) is 2.38. The summed E-state index contributed by atoms with van der Waals surface area (Å²) in [6, 6.07) is 0. The van der Waals surface area contributed by atoms with Gasteiger partial charge in [0.15, 0.2) is 0 Å². The van der Waals surface area contributed by atoms with E-state index in [4.69, 9.17) is 0 Å². The molecule has 0 unspecified atom stereocenters. The van der Waals surface area contributed by atoms with Gasteiger partial charge in [0, 0.05) is 0 Å². The van der Waals surface area contributed by atoms with Gasteiger partial charge in [-0.2, -0.15) is 47.9 Å². The van der Waals surface area contributed by atoms with Crippen LogP contribution in [0, 0.1) is 34.6 Å². The molecule has 28 heavy (non-hydrogen) atoms. The topological polar surface area (TPSA) is 46.2 Å². The maximum absolute atomic E-state index is 13.9. The third-order valence-electron chi connectivity index (χ3n) is 4.69. The van der Waals surface area contributed by atoms with Crippen molar-refractivity contribution in [3.8, 4) is 0 Å². The first-order valence-electron chi connectivity index (χ1n) is 7.44.